The van der Waals surface area contributed by atoms with E-state index in [1.807, 2.05) is 35.2 Å². The Morgan fingerprint density at radius 3 is 2.69 bits per heavy atom. The second-order valence-electron chi connectivity index (χ2n) is 6.11. The molecule has 1 N–H and O–H groups in total. The summed E-state index contributed by atoms with van der Waals surface area (Å²) in [5, 5.41) is 3.92. The average molecular weight is 375 g/mol. The molecule has 0 atom stereocenters. The van der Waals surface area contributed by atoms with Crippen molar-refractivity contribution in [1.82, 2.24) is 9.88 Å². The van der Waals surface area contributed by atoms with Crippen LogP contribution < -0.4 is 10.2 Å². The summed E-state index contributed by atoms with van der Waals surface area (Å²) in [6.45, 7) is 4.22. The first-order valence-corrected chi connectivity index (χ1v) is 9.04. The third-order valence-electron chi connectivity index (χ3n) is 4.36. The lowest BCUT2D eigenvalue weighted by Crippen LogP contribution is -2.49. The minimum absolute atomic E-state index is 0.0285. The van der Waals surface area contributed by atoms with Crippen molar-refractivity contribution in [3.8, 4) is 0 Å². The van der Waals surface area contributed by atoms with Crippen LogP contribution in [0.1, 0.15) is 10.5 Å². The van der Waals surface area contributed by atoms with Gasteiger partial charge in [0.25, 0.3) is 5.91 Å². The van der Waals surface area contributed by atoms with E-state index in [1.165, 1.54) is 0 Å². The van der Waals surface area contributed by atoms with Gasteiger partial charge in [-0.25, -0.2) is 4.98 Å². The number of hydrogen-bond donors (Lipinski definition) is 1. The third kappa shape index (κ3) is 4.65. The Hall–Kier alpha value is -2.31. The van der Waals surface area contributed by atoms with Gasteiger partial charge in [0.1, 0.15) is 5.69 Å². The molecular weight excluding hydrogens is 352 g/mol. The van der Waals surface area contributed by atoms with Gasteiger partial charge >= 0.3 is 0 Å². The predicted molar refractivity (Wildman–Crippen MR) is 104 cm³/mol. The van der Waals surface area contributed by atoms with Crippen LogP contribution in [0.15, 0.2) is 42.6 Å². The summed E-state index contributed by atoms with van der Waals surface area (Å²) in [4.78, 5) is 21.0. The van der Waals surface area contributed by atoms with Crippen molar-refractivity contribution in [1.29, 1.82) is 0 Å². The van der Waals surface area contributed by atoms with Crippen LogP contribution >= 0.6 is 11.6 Å². The molecule has 6 nitrogen and oxygen atoms in total. The van der Waals surface area contributed by atoms with Gasteiger partial charge in [0.2, 0.25) is 0 Å². The summed E-state index contributed by atoms with van der Waals surface area (Å²) in [6, 6.07) is 11.4. The first-order chi connectivity index (χ1) is 12.7. The van der Waals surface area contributed by atoms with E-state index in [0.717, 1.165) is 29.5 Å². The second-order valence-corrected chi connectivity index (χ2v) is 6.55. The van der Waals surface area contributed by atoms with Crippen molar-refractivity contribution in [3.63, 3.8) is 0 Å². The van der Waals surface area contributed by atoms with Crippen molar-refractivity contribution in [2.75, 3.05) is 56.7 Å². The summed E-state index contributed by atoms with van der Waals surface area (Å²) in [7, 11) is 1.66. The Labute approximate surface area is 158 Å². The fraction of sp³-hybridized carbons (Fsp3) is 0.368. The molecular formula is C19H23ClN4O2. The van der Waals surface area contributed by atoms with Gasteiger partial charge in [-0.2, -0.15) is 0 Å². The van der Waals surface area contributed by atoms with E-state index in [2.05, 4.69) is 15.2 Å². The fourth-order valence-corrected chi connectivity index (χ4v) is 3.11. The summed E-state index contributed by atoms with van der Waals surface area (Å²) in [6.07, 6.45) is 1.69. The van der Waals surface area contributed by atoms with Crippen LogP contribution in [-0.2, 0) is 4.74 Å². The number of carbonyl (C=O) groups excluding carboxylic acids is 1. The third-order valence-corrected chi connectivity index (χ3v) is 4.59. The van der Waals surface area contributed by atoms with Crippen LogP contribution in [0.3, 0.4) is 0 Å². The quantitative estimate of drug-likeness (QED) is 0.788. The molecule has 0 saturated carbocycles. The Kier molecular flexibility index (Phi) is 6.30. The number of nitrogens with zero attached hydrogens (tertiary/aromatic N) is 3. The van der Waals surface area contributed by atoms with Crippen LogP contribution in [0.25, 0.3) is 0 Å². The number of rotatable bonds is 6. The maximum absolute atomic E-state index is 12.7. The van der Waals surface area contributed by atoms with Crippen LogP contribution in [0.5, 0.6) is 0 Å². The van der Waals surface area contributed by atoms with E-state index in [0.29, 0.717) is 31.9 Å². The maximum Gasteiger partial charge on any atom is 0.272 e. The zero-order valence-corrected chi connectivity index (χ0v) is 15.6. The number of carbonyl (C=O) groups is 1. The van der Waals surface area contributed by atoms with E-state index in [-0.39, 0.29) is 5.91 Å². The number of nitrogens with one attached hydrogen (secondary N) is 1. The van der Waals surface area contributed by atoms with Gasteiger partial charge in [-0.05, 0) is 30.3 Å². The SMILES string of the molecule is COCCNc1ccc(C(=O)N2CCN(c3cccc(Cl)c3)CC2)nc1. The highest BCUT2D eigenvalue weighted by atomic mass is 35.5. The number of halogens is 1. The molecule has 0 aliphatic carbocycles. The molecule has 7 heteroatoms. The van der Waals surface area contributed by atoms with Gasteiger partial charge in [-0.3, -0.25) is 4.79 Å². The summed E-state index contributed by atoms with van der Waals surface area (Å²) in [5.41, 5.74) is 2.44. The number of hydrogen-bond acceptors (Lipinski definition) is 5. The topological polar surface area (TPSA) is 57.7 Å². The molecule has 0 bridgehead atoms. The van der Waals surface area contributed by atoms with Crippen molar-refractivity contribution in [2.45, 2.75) is 0 Å². The number of piperazine rings is 1. The van der Waals surface area contributed by atoms with E-state index in [4.69, 9.17) is 16.3 Å². The van der Waals surface area contributed by atoms with Gasteiger partial charge in [-0.1, -0.05) is 17.7 Å². The number of pyridine rings is 1. The molecule has 0 radical (unpaired) electrons. The lowest BCUT2D eigenvalue weighted by Gasteiger charge is -2.36. The van der Waals surface area contributed by atoms with Crippen LogP contribution in [-0.4, -0.2) is 62.2 Å². The number of benzene rings is 1. The molecule has 138 valence electrons. The molecule has 1 fully saturated rings. The van der Waals surface area contributed by atoms with Crippen LogP contribution in [0.4, 0.5) is 11.4 Å². The van der Waals surface area contributed by atoms with E-state index in [9.17, 15) is 4.79 Å². The molecule has 2 aromatic rings. The number of anilines is 2. The molecule has 1 aliphatic rings. The summed E-state index contributed by atoms with van der Waals surface area (Å²) < 4.78 is 5.00. The zero-order valence-electron chi connectivity index (χ0n) is 14.8. The molecule has 1 saturated heterocycles. The first-order valence-electron chi connectivity index (χ1n) is 8.66. The average Bonchev–Trinajstić information content (AvgIpc) is 2.68. The van der Waals surface area contributed by atoms with Gasteiger partial charge < -0.3 is 19.9 Å². The van der Waals surface area contributed by atoms with Crippen LogP contribution in [0, 0.1) is 0 Å². The lowest BCUT2D eigenvalue weighted by atomic mass is 10.2. The molecule has 3 rings (SSSR count). The minimum Gasteiger partial charge on any atom is -0.383 e. The number of ether oxygens (including phenoxy) is 1. The lowest BCUT2D eigenvalue weighted by molar-refractivity contribution is 0.0741. The van der Waals surface area contributed by atoms with E-state index in [1.54, 1.807) is 19.4 Å². The Morgan fingerprint density at radius 1 is 1.23 bits per heavy atom. The highest BCUT2D eigenvalue weighted by Crippen LogP contribution is 2.21. The van der Waals surface area contributed by atoms with Gasteiger partial charge in [-0.15, -0.1) is 0 Å². The monoisotopic (exact) mass is 374 g/mol. The van der Waals surface area contributed by atoms with Crippen molar-refractivity contribution < 1.29 is 9.53 Å². The second kappa shape index (κ2) is 8.87. The van der Waals surface area contributed by atoms with Crippen molar-refractivity contribution in [2.24, 2.45) is 0 Å². The molecule has 0 unspecified atom stereocenters. The molecule has 26 heavy (non-hydrogen) atoms. The van der Waals surface area contributed by atoms with Crippen molar-refractivity contribution in [3.05, 3.63) is 53.3 Å². The normalized spacial score (nSPS) is 14.4. The zero-order chi connectivity index (χ0) is 18.4. The van der Waals surface area contributed by atoms with Crippen LogP contribution in [0.2, 0.25) is 5.02 Å². The number of methoxy groups -OCH3 is 1. The highest BCUT2D eigenvalue weighted by molar-refractivity contribution is 6.30. The first kappa shape index (κ1) is 18.5. The predicted octanol–water partition coefficient (Wildman–Crippen LogP) is 2.76. The molecule has 2 heterocycles. The number of aromatic nitrogens is 1. The van der Waals surface area contributed by atoms with Gasteiger partial charge in [0.05, 0.1) is 18.5 Å². The largest absolute Gasteiger partial charge is 0.383 e. The number of amides is 1. The molecule has 1 aliphatic heterocycles. The summed E-state index contributed by atoms with van der Waals surface area (Å²) >= 11 is 6.06. The van der Waals surface area contributed by atoms with E-state index >= 15 is 0 Å². The Morgan fingerprint density at radius 2 is 2.04 bits per heavy atom. The maximum atomic E-state index is 12.7. The van der Waals surface area contributed by atoms with E-state index < -0.39 is 0 Å². The smallest absolute Gasteiger partial charge is 0.272 e. The molecule has 1 aromatic carbocycles. The van der Waals surface area contributed by atoms with Gasteiger partial charge in [0, 0.05) is 50.5 Å². The summed E-state index contributed by atoms with van der Waals surface area (Å²) in [5.74, 6) is -0.0285. The fourth-order valence-electron chi connectivity index (χ4n) is 2.92. The van der Waals surface area contributed by atoms with Crippen molar-refractivity contribution >= 4 is 28.9 Å². The van der Waals surface area contributed by atoms with Gasteiger partial charge in [0.15, 0.2) is 0 Å². The Bertz CT molecular complexity index is 731. The molecule has 1 aromatic heterocycles. The highest BCUT2D eigenvalue weighted by Gasteiger charge is 2.23. The minimum atomic E-state index is -0.0285. The molecule has 1 amide bonds. The standard InChI is InChI=1S/C19H23ClN4O2/c1-26-12-7-21-16-5-6-18(22-14-16)19(25)24-10-8-23(9-11-24)17-4-2-3-15(20)13-17/h2-6,13-14,21H,7-12H2,1H3. The Balaban J connectivity index is 1.54. The molecule has 0 spiro atoms.